The quantitative estimate of drug-likeness (QED) is 0.796. The van der Waals surface area contributed by atoms with E-state index in [1.807, 2.05) is 12.1 Å². The average Bonchev–Trinajstić information content (AvgIpc) is 3.18. The fraction of sp³-hybridized carbons (Fsp3) is 0.438. The lowest BCUT2D eigenvalue weighted by Crippen LogP contribution is -2.32. The molecule has 19 heavy (non-hydrogen) atoms. The first-order valence-corrected chi connectivity index (χ1v) is 6.84. The van der Waals surface area contributed by atoms with Crippen molar-refractivity contribution in [3.8, 4) is 0 Å². The van der Waals surface area contributed by atoms with E-state index in [-0.39, 0.29) is 0 Å². The van der Waals surface area contributed by atoms with Gasteiger partial charge < -0.3 is 10.0 Å². The number of rotatable bonds is 6. The Balaban J connectivity index is 2.08. The minimum Gasteiger partial charge on any atom is -0.478 e. The number of hydrogen-bond acceptors (Lipinski definition) is 2. The van der Waals surface area contributed by atoms with Crippen LogP contribution in [-0.2, 0) is 4.79 Å². The Morgan fingerprint density at radius 2 is 2.00 bits per heavy atom. The molecule has 0 unspecified atom stereocenters. The van der Waals surface area contributed by atoms with Crippen molar-refractivity contribution in [1.29, 1.82) is 0 Å². The second-order valence-electron chi connectivity index (χ2n) is 5.45. The number of aliphatic carboxylic acids is 1. The highest BCUT2D eigenvalue weighted by Gasteiger charge is 2.25. The van der Waals surface area contributed by atoms with Crippen LogP contribution in [0.25, 0.3) is 6.08 Å². The lowest BCUT2D eigenvalue weighted by atomic mass is 10.1. The Hall–Kier alpha value is -1.77. The molecular formula is C16H21NO2. The maximum atomic E-state index is 10.5. The highest BCUT2D eigenvalue weighted by atomic mass is 16.4. The third-order valence-electron chi connectivity index (χ3n) is 3.42. The molecule has 3 nitrogen and oxygen atoms in total. The first kappa shape index (κ1) is 13.7. The molecule has 1 aliphatic carbocycles. The van der Waals surface area contributed by atoms with E-state index >= 15 is 0 Å². The number of nitrogens with zero attached hydrogens (tertiary/aromatic N) is 1. The van der Waals surface area contributed by atoms with Crippen molar-refractivity contribution >= 4 is 17.7 Å². The molecule has 3 heteroatoms. The maximum absolute atomic E-state index is 10.5. The van der Waals surface area contributed by atoms with E-state index in [0.29, 0.717) is 6.04 Å². The Morgan fingerprint density at radius 3 is 2.47 bits per heavy atom. The minimum absolute atomic E-state index is 0.487. The van der Waals surface area contributed by atoms with Crippen molar-refractivity contribution in [2.75, 3.05) is 11.4 Å². The largest absolute Gasteiger partial charge is 0.478 e. The summed E-state index contributed by atoms with van der Waals surface area (Å²) in [6, 6.07) is 8.57. The molecule has 0 amide bonds. The van der Waals surface area contributed by atoms with Gasteiger partial charge in [0.15, 0.2) is 0 Å². The molecule has 0 bridgehead atoms. The van der Waals surface area contributed by atoms with E-state index in [1.54, 1.807) is 6.08 Å². The summed E-state index contributed by atoms with van der Waals surface area (Å²) in [7, 11) is 0. The van der Waals surface area contributed by atoms with Crippen molar-refractivity contribution in [2.45, 2.75) is 32.7 Å². The van der Waals surface area contributed by atoms with Crippen molar-refractivity contribution in [3.05, 3.63) is 35.9 Å². The topological polar surface area (TPSA) is 40.5 Å². The van der Waals surface area contributed by atoms with Gasteiger partial charge in [-0.2, -0.15) is 0 Å². The van der Waals surface area contributed by atoms with Crippen LogP contribution < -0.4 is 4.90 Å². The standard InChI is InChI=1S/C16H21NO2/c1-12(2)17(11-14-3-4-14)15-8-5-13(6-9-15)7-10-16(18)19/h5-10,12,14H,3-4,11H2,1-2H3,(H,18,19)/b10-7+. The molecule has 0 aromatic heterocycles. The van der Waals surface area contributed by atoms with Crippen LogP contribution >= 0.6 is 0 Å². The average molecular weight is 259 g/mol. The molecule has 0 heterocycles. The summed E-state index contributed by atoms with van der Waals surface area (Å²) in [5, 5.41) is 8.60. The Bertz CT molecular complexity index is 458. The number of anilines is 1. The van der Waals surface area contributed by atoms with Crippen LogP contribution in [0.2, 0.25) is 0 Å². The van der Waals surface area contributed by atoms with Crippen LogP contribution in [0.5, 0.6) is 0 Å². The van der Waals surface area contributed by atoms with E-state index in [4.69, 9.17) is 5.11 Å². The summed E-state index contributed by atoms with van der Waals surface area (Å²) in [5.41, 5.74) is 2.13. The zero-order chi connectivity index (χ0) is 13.8. The third kappa shape index (κ3) is 4.12. The highest BCUT2D eigenvalue weighted by Crippen LogP contribution is 2.32. The van der Waals surface area contributed by atoms with E-state index in [1.165, 1.54) is 24.6 Å². The van der Waals surface area contributed by atoms with Gasteiger partial charge in [-0.15, -0.1) is 0 Å². The Morgan fingerprint density at radius 1 is 1.37 bits per heavy atom. The Kier molecular flexibility index (Phi) is 4.25. The summed E-state index contributed by atoms with van der Waals surface area (Å²) >= 11 is 0. The number of hydrogen-bond donors (Lipinski definition) is 1. The molecule has 1 aliphatic rings. The fourth-order valence-electron chi connectivity index (χ4n) is 2.14. The minimum atomic E-state index is -0.915. The molecule has 1 aromatic carbocycles. The molecule has 1 saturated carbocycles. The van der Waals surface area contributed by atoms with Gasteiger partial charge in [0.05, 0.1) is 0 Å². The van der Waals surface area contributed by atoms with Gasteiger partial charge in [0.1, 0.15) is 0 Å². The molecular weight excluding hydrogens is 238 g/mol. The normalized spacial score (nSPS) is 15.1. The van der Waals surface area contributed by atoms with E-state index in [0.717, 1.165) is 18.0 Å². The fourth-order valence-corrected chi connectivity index (χ4v) is 2.14. The van der Waals surface area contributed by atoms with Crippen LogP contribution in [0, 0.1) is 5.92 Å². The van der Waals surface area contributed by atoms with Gasteiger partial charge in [0.2, 0.25) is 0 Å². The smallest absolute Gasteiger partial charge is 0.328 e. The van der Waals surface area contributed by atoms with Crippen LogP contribution in [0.3, 0.4) is 0 Å². The van der Waals surface area contributed by atoms with Gasteiger partial charge in [-0.25, -0.2) is 4.79 Å². The van der Waals surface area contributed by atoms with Crippen molar-refractivity contribution < 1.29 is 9.90 Å². The zero-order valence-electron chi connectivity index (χ0n) is 11.5. The zero-order valence-corrected chi connectivity index (χ0v) is 11.5. The predicted octanol–water partition coefficient (Wildman–Crippen LogP) is 3.41. The first-order valence-electron chi connectivity index (χ1n) is 6.84. The summed E-state index contributed by atoms with van der Waals surface area (Å²) in [6.45, 7) is 5.54. The van der Waals surface area contributed by atoms with Gasteiger partial charge in [-0.1, -0.05) is 12.1 Å². The lowest BCUT2D eigenvalue weighted by Gasteiger charge is -2.29. The van der Waals surface area contributed by atoms with E-state index in [2.05, 4.69) is 30.9 Å². The van der Waals surface area contributed by atoms with E-state index in [9.17, 15) is 4.79 Å². The molecule has 0 spiro atoms. The van der Waals surface area contributed by atoms with Crippen molar-refractivity contribution in [2.24, 2.45) is 5.92 Å². The molecule has 0 saturated heterocycles. The van der Waals surface area contributed by atoms with Crippen molar-refractivity contribution in [3.63, 3.8) is 0 Å². The van der Waals surface area contributed by atoms with Gasteiger partial charge in [-0.05, 0) is 56.4 Å². The molecule has 1 N–H and O–H groups in total. The summed E-state index contributed by atoms with van der Waals surface area (Å²) in [5.74, 6) is -0.0596. The number of benzene rings is 1. The Labute approximate surface area is 114 Å². The molecule has 0 atom stereocenters. The molecule has 1 aromatic rings. The SMILES string of the molecule is CC(C)N(CC1CC1)c1ccc(/C=C/C(=O)O)cc1. The second-order valence-corrected chi connectivity index (χ2v) is 5.45. The third-order valence-corrected chi connectivity index (χ3v) is 3.42. The van der Waals surface area contributed by atoms with Crippen LogP contribution in [0.15, 0.2) is 30.3 Å². The van der Waals surface area contributed by atoms with Gasteiger partial charge in [-0.3, -0.25) is 0 Å². The highest BCUT2D eigenvalue weighted by molar-refractivity contribution is 5.85. The number of carboxylic acids is 1. The van der Waals surface area contributed by atoms with Crippen LogP contribution in [-0.4, -0.2) is 23.7 Å². The number of carbonyl (C=O) groups is 1. The van der Waals surface area contributed by atoms with Crippen molar-refractivity contribution in [1.82, 2.24) is 0 Å². The van der Waals surface area contributed by atoms with Crippen LogP contribution in [0.4, 0.5) is 5.69 Å². The monoisotopic (exact) mass is 259 g/mol. The van der Waals surface area contributed by atoms with Crippen LogP contribution in [0.1, 0.15) is 32.3 Å². The van der Waals surface area contributed by atoms with E-state index < -0.39 is 5.97 Å². The maximum Gasteiger partial charge on any atom is 0.328 e. The molecule has 102 valence electrons. The summed E-state index contributed by atoms with van der Waals surface area (Å²) in [4.78, 5) is 12.9. The predicted molar refractivity (Wildman–Crippen MR) is 78.3 cm³/mol. The number of carboxylic acid groups (broad SMARTS) is 1. The van der Waals surface area contributed by atoms with Gasteiger partial charge in [0, 0.05) is 24.4 Å². The molecule has 0 aliphatic heterocycles. The molecule has 2 rings (SSSR count). The van der Waals surface area contributed by atoms with Gasteiger partial charge in [0.25, 0.3) is 0 Å². The lowest BCUT2D eigenvalue weighted by molar-refractivity contribution is -0.131. The summed E-state index contributed by atoms with van der Waals surface area (Å²) < 4.78 is 0. The molecule has 1 fully saturated rings. The summed E-state index contributed by atoms with van der Waals surface area (Å²) in [6.07, 6.45) is 5.48. The van der Waals surface area contributed by atoms with Gasteiger partial charge >= 0.3 is 5.97 Å². The second kappa shape index (κ2) is 5.91. The molecule has 0 radical (unpaired) electrons. The first-order chi connectivity index (χ1) is 9.06.